The number of nitrogens with zero attached hydrogens (tertiary/aromatic N) is 4. The minimum atomic E-state index is -0.394. The molecule has 1 fully saturated rings. The van der Waals surface area contributed by atoms with Crippen molar-refractivity contribution in [1.29, 1.82) is 0 Å². The number of hydrogen-bond donors (Lipinski definition) is 3. The predicted octanol–water partition coefficient (Wildman–Crippen LogP) is 1.30. The molecule has 0 spiro atoms. The zero-order valence-corrected chi connectivity index (χ0v) is 12.9. The number of fused-ring (bicyclic) bond motifs is 1. The summed E-state index contributed by atoms with van der Waals surface area (Å²) in [6.45, 7) is 0.101. The molecule has 0 saturated carbocycles. The first kappa shape index (κ1) is 15.0. The molecule has 8 heteroatoms. The molecule has 24 heavy (non-hydrogen) atoms. The second-order valence-electron chi connectivity index (χ2n) is 5.93. The molecule has 2 atom stereocenters. The predicted molar refractivity (Wildman–Crippen MR) is 86.6 cm³/mol. The summed E-state index contributed by atoms with van der Waals surface area (Å²) < 4.78 is 14.9. The van der Waals surface area contributed by atoms with Gasteiger partial charge in [-0.2, -0.15) is 5.10 Å². The van der Waals surface area contributed by atoms with Gasteiger partial charge in [0.2, 0.25) is 0 Å². The van der Waals surface area contributed by atoms with Crippen molar-refractivity contribution in [3.63, 3.8) is 0 Å². The third-order valence-electron chi connectivity index (χ3n) is 4.43. The number of nitrogens with one attached hydrogen (secondary N) is 1. The lowest BCUT2D eigenvalue weighted by Gasteiger charge is -2.12. The van der Waals surface area contributed by atoms with E-state index in [1.54, 1.807) is 10.6 Å². The lowest BCUT2D eigenvalue weighted by molar-refractivity contribution is 0.251. The van der Waals surface area contributed by atoms with Gasteiger partial charge in [-0.15, -0.1) is 0 Å². The van der Waals surface area contributed by atoms with E-state index in [0.29, 0.717) is 17.0 Å². The molecule has 0 aliphatic carbocycles. The molecule has 7 nitrogen and oxygen atoms in total. The summed E-state index contributed by atoms with van der Waals surface area (Å²) >= 11 is 0. The Bertz CT molecular complexity index is 878. The van der Waals surface area contributed by atoms with E-state index in [2.05, 4.69) is 20.4 Å². The molecule has 0 radical (unpaired) electrons. The standard InChI is InChI=1S/C16H17FN6O/c17-9-1-3-12(19-6-9)11-5-14(13-4-2-10(7-24)22-13)23-15(11)16(18)20-8-21-23/h1,3,5-6,8,10,13,22,24H,2,4,7H2,(H2,18,20,21)/t10-,13+/m0/s1. The lowest BCUT2D eigenvalue weighted by Crippen LogP contribution is -2.28. The molecule has 0 bridgehead atoms. The Labute approximate surface area is 137 Å². The number of halogens is 1. The van der Waals surface area contributed by atoms with E-state index in [0.717, 1.165) is 24.1 Å². The molecule has 4 heterocycles. The number of aliphatic hydroxyl groups is 1. The number of hydrogen-bond acceptors (Lipinski definition) is 6. The molecule has 124 valence electrons. The summed E-state index contributed by atoms with van der Waals surface area (Å²) in [6, 6.07) is 5.06. The zero-order valence-electron chi connectivity index (χ0n) is 12.9. The SMILES string of the molecule is Nc1ncnn2c([C@H]3CC[C@@H](CO)N3)cc(-c3ccc(F)cn3)c12. The highest BCUT2D eigenvalue weighted by molar-refractivity contribution is 5.86. The van der Waals surface area contributed by atoms with Crippen LogP contribution >= 0.6 is 0 Å². The first-order chi connectivity index (χ1) is 11.7. The topological polar surface area (TPSA) is 101 Å². The van der Waals surface area contributed by atoms with Crippen molar-refractivity contribution in [3.8, 4) is 11.3 Å². The van der Waals surface area contributed by atoms with Crippen LogP contribution in [0.3, 0.4) is 0 Å². The number of pyridine rings is 1. The van der Waals surface area contributed by atoms with Gasteiger partial charge < -0.3 is 16.2 Å². The van der Waals surface area contributed by atoms with Crippen LogP contribution in [0.25, 0.3) is 16.8 Å². The lowest BCUT2D eigenvalue weighted by atomic mass is 10.1. The van der Waals surface area contributed by atoms with Gasteiger partial charge in [0, 0.05) is 17.6 Å². The molecule has 1 aliphatic heterocycles. The van der Waals surface area contributed by atoms with Gasteiger partial charge in [0.15, 0.2) is 5.82 Å². The highest BCUT2D eigenvalue weighted by Crippen LogP contribution is 2.34. The molecule has 4 N–H and O–H groups in total. The van der Waals surface area contributed by atoms with Crippen LogP contribution in [0, 0.1) is 5.82 Å². The van der Waals surface area contributed by atoms with Gasteiger partial charge in [-0.3, -0.25) is 4.98 Å². The van der Waals surface area contributed by atoms with Crippen molar-refractivity contribution in [1.82, 2.24) is 24.9 Å². The largest absolute Gasteiger partial charge is 0.395 e. The summed E-state index contributed by atoms with van der Waals surface area (Å²) in [5.74, 6) is -0.0518. The minimum absolute atomic E-state index is 0.0538. The quantitative estimate of drug-likeness (QED) is 0.670. The van der Waals surface area contributed by atoms with E-state index < -0.39 is 5.82 Å². The Morgan fingerprint density at radius 1 is 1.33 bits per heavy atom. The average molecular weight is 328 g/mol. The number of aromatic nitrogens is 4. The van der Waals surface area contributed by atoms with Gasteiger partial charge in [0.25, 0.3) is 0 Å². The van der Waals surface area contributed by atoms with Gasteiger partial charge in [0.05, 0.1) is 24.2 Å². The Hall–Kier alpha value is -2.58. The maximum atomic E-state index is 13.2. The van der Waals surface area contributed by atoms with E-state index >= 15 is 0 Å². The molecular weight excluding hydrogens is 311 g/mol. The number of aliphatic hydroxyl groups excluding tert-OH is 1. The Morgan fingerprint density at radius 2 is 2.21 bits per heavy atom. The van der Waals surface area contributed by atoms with Crippen LogP contribution in [0.2, 0.25) is 0 Å². The van der Waals surface area contributed by atoms with Gasteiger partial charge >= 0.3 is 0 Å². The Morgan fingerprint density at radius 3 is 2.92 bits per heavy atom. The van der Waals surface area contributed by atoms with Crippen LogP contribution in [-0.2, 0) is 0 Å². The van der Waals surface area contributed by atoms with E-state index in [1.165, 1.54) is 18.6 Å². The smallest absolute Gasteiger partial charge is 0.152 e. The van der Waals surface area contributed by atoms with Crippen molar-refractivity contribution in [2.24, 2.45) is 0 Å². The van der Waals surface area contributed by atoms with Gasteiger partial charge in [0.1, 0.15) is 17.7 Å². The van der Waals surface area contributed by atoms with Crippen molar-refractivity contribution in [3.05, 3.63) is 42.2 Å². The highest BCUT2D eigenvalue weighted by Gasteiger charge is 2.28. The Kier molecular flexibility index (Phi) is 3.62. The maximum Gasteiger partial charge on any atom is 0.152 e. The summed E-state index contributed by atoms with van der Waals surface area (Å²) in [5.41, 5.74) is 9.01. The minimum Gasteiger partial charge on any atom is -0.395 e. The van der Waals surface area contributed by atoms with E-state index in [9.17, 15) is 9.50 Å². The summed E-state index contributed by atoms with van der Waals surface area (Å²) in [7, 11) is 0. The van der Waals surface area contributed by atoms with Crippen LogP contribution in [0.4, 0.5) is 10.2 Å². The second kappa shape index (κ2) is 5.81. The normalized spacial score (nSPS) is 20.8. The number of rotatable bonds is 3. The van der Waals surface area contributed by atoms with Crippen LogP contribution < -0.4 is 11.1 Å². The van der Waals surface area contributed by atoms with Gasteiger partial charge in [-0.25, -0.2) is 13.9 Å². The molecule has 1 saturated heterocycles. The zero-order chi connectivity index (χ0) is 16.7. The van der Waals surface area contributed by atoms with Gasteiger partial charge in [-0.05, 0) is 31.0 Å². The Balaban J connectivity index is 1.87. The molecule has 0 aromatic carbocycles. The van der Waals surface area contributed by atoms with Crippen LogP contribution in [0.15, 0.2) is 30.7 Å². The molecular formula is C16H17FN6O. The summed E-state index contributed by atoms with van der Waals surface area (Å²) in [6.07, 6.45) is 4.36. The van der Waals surface area contributed by atoms with E-state index in [4.69, 9.17) is 5.73 Å². The van der Waals surface area contributed by atoms with Crippen molar-refractivity contribution >= 4 is 11.3 Å². The molecule has 0 amide bonds. The number of nitrogens with two attached hydrogens (primary N) is 1. The molecule has 0 unspecified atom stereocenters. The highest BCUT2D eigenvalue weighted by atomic mass is 19.1. The fourth-order valence-electron chi connectivity index (χ4n) is 3.27. The van der Waals surface area contributed by atoms with Crippen LogP contribution in [0.5, 0.6) is 0 Å². The molecule has 3 aromatic rings. The van der Waals surface area contributed by atoms with Crippen molar-refractivity contribution in [2.75, 3.05) is 12.3 Å². The number of nitrogen functional groups attached to an aromatic ring is 1. The first-order valence-corrected chi connectivity index (χ1v) is 7.78. The number of anilines is 1. The van der Waals surface area contributed by atoms with Gasteiger partial charge in [-0.1, -0.05) is 0 Å². The fourth-order valence-corrected chi connectivity index (χ4v) is 3.27. The van der Waals surface area contributed by atoms with Crippen LogP contribution in [0.1, 0.15) is 24.6 Å². The summed E-state index contributed by atoms with van der Waals surface area (Å²) in [5, 5.41) is 17.0. The fraction of sp³-hybridized carbons (Fsp3) is 0.312. The van der Waals surface area contributed by atoms with Crippen LogP contribution in [-0.4, -0.2) is 37.3 Å². The molecule has 1 aliphatic rings. The van der Waals surface area contributed by atoms with Crippen molar-refractivity contribution in [2.45, 2.75) is 24.9 Å². The third-order valence-corrected chi connectivity index (χ3v) is 4.43. The van der Waals surface area contributed by atoms with E-state index in [-0.39, 0.29) is 18.7 Å². The average Bonchev–Trinajstić information content (AvgIpc) is 3.20. The molecule has 4 rings (SSSR count). The third kappa shape index (κ3) is 2.40. The molecule has 3 aromatic heterocycles. The second-order valence-corrected chi connectivity index (χ2v) is 5.93. The summed E-state index contributed by atoms with van der Waals surface area (Å²) in [4.78, 5) is 8.22. The van der Waals surface area contributed by atoms with Crippen molar-refractivity contribution < 1.29 is 9.50 Å². The monoisotopic (exact) mass is 328 g/mol. The maximum absolute atomic E-state index is 13.2. The van der Waals surface area contributed by atoms with E-state index in [1.807, 2.05) is 6.07 Å². The first-order valence-electron chi connectivity index (χ1n) is 7.78.